The van der Waals surface area contributed by atoms with Crippen LogP contribution >= 0.6 is 0 Å². The zero-order valence-electron chi connectivity index (χ0n) is 16.9. The number of nitrogens with one attached hydrogen (secondary N) is 2. The number of ether oxygens (including phenoxy) is 2. The maximum Gasteiger partial charge on any atom is 0.131 e. The van der Waals surface area contributed by atoms with Gasteiger partial charge in [-0.05, 0) is 24.5 Å². The zero-order chi connectivity index (χ0) is 20.1. The molecular formula is C23H30FN3O2. The molecule has 2 aliphatic rings. The first-order chi connectivity index (χ1) is 14.2. The van der Waals surface area contributed by atoms with Crippen molar-refractivity contribution in [2.45, 2.75) is 31.6 Å². The smallest absolute Gasteiger partial charge is 0.131 e. The van der Waals surface area contributed by atoms with Gasteiger partial charge in [0.15, 0.2) is 0 Å². The van der Waals surface area contributed by atoms with Crippen molar-refractivity contribution in [2.24, 2.45) is 5.92 Å². The van der Waals surface area contributed by atoms with Crippen LogP contribution in [0.4, 0.5) is 4.39 Å². The first-order valence-electron chi connectivity index (χ1n) is 10.4. The van der Waals surface area contributed by atoms with Gasteiger partial charge in [-0.15, -0.1) is 0 Å². The Bertz CT molecular complexity index is 781. The number of hydrogen-bond donors (Lipinski definition) is 2. The highest BCUT2D eigenvalue weighted by molar-refractivity contribution is 5.31. The van der Waals surface area contributed by atoms with E-state index in [0.29, 0.717) is 29.9 Å². The van der Waals surface area contributed by atoms with Crippen LogP contribution in [0.2, 0.25) is 0 Å². The van der Waals surface area contributed by atoms with Crippen molar-refractivity contribution in [3.63, 3.8) is 0 Å². The van der Waals surface area contributed by atoms with E-state index in [1.165, 1.54) is 11.6 Å². The molecule has 6 heteroatoms. The molecule has 2 atom stereocenters. The van der Waals surface area contributed by atoms with E-state index in [1.807, 2.05) is 30.3 Å². The van der Waals surface area contributed by atoms with Gasteiger partial charge in [-0.2, -0.15) is 0 Å². The van der Waals surface area contributed by atoms with Crippen LogP contribution in [0.3, 0.4) is 0 Å². The SMILES string of the molecule is COc1ccc(C2NNCC2CN2CCC(OCc3ccccc3)CC2)c(F)c1. The van der Waals surface area contributed by atoms with Gasteiger partial charge in [-0.25, -0.2) is 9.82 Å². The molecule has 0 radical (unpaired) electrons. The Kier molecular flexibility index (Phi) is 6.77. The molecule has 5 nitrogen and oxygen atoms in total. The maximum atomic E-state index is 14.5. The van der Waals surface area contributed by atoms with Gasteiger partial charge < -0.3 is 14.4 Å². The highest BCUT2D eigenvalue weighted by atomic mass is 19.1. The third-order valence-electron chi connectivity index (χ3n) is 5.99. The minimum atomic E-state index is -0.219. The number of nitrogens with zero attached hydrogens (tertiary/aromatic N) is 1. The molecule has 2 N–H and O–H groups in total. The molecule has 0 bridgehead atoms. The highest BCUT2D eigenvalue weighted by Gasteiger charge is 2.32. The number of piperidine rings is 1. The topological polar surface area (TPSA) is 45.8 Å². The molecule has 2 aliphatic heterocycles. The number of hydrogen-bond acceptors (Lipinski definition) is 5. The van der Waals surface area contributed by atoms with E-state index in [4.69, 9.17) is 9.47 Å². The van der Waals surface area contributed by atoms with E-state index in [9.17, 15) is 4.39 Å². The van der Waals surface area contributed by atoms with Crippen LogP contribution in [0, 0.1) is 11.7 Å². The molecular weight excluding hydrogens is 369 g/mol. The van der Waals surface area contributed by atoms with E-state index in [-0.39, 0.29) is 11.9 Å². The van der Waals surface area contributed by atoms with Crippen LogP contribution in [0.15, 0.2) is 48.5 Å². The lowest BCUT2D eigenvalue weighted by Crippen LogP contribution is -2.41. The molecule has 2 unspecified atom stereocenters. The number of halogens is 1. The molecule has 4 rings (SSSR count). The fraction of sp³-hybridized carbons (Fsp3) is 0.478. The lowest BCUT2D eigenvalue weighted by molar-refractivity contribution is -0.00508. The largest absolute Gasteiger partial charge is 0.497 e. The normalized spacial score (nSPS) is 23.4. The van der Waals surface area contributed by atoms with Gasteiger partial charge in [0, 0.05) is 43.7 Å². The fourth-order valence-corrected chi connectivity index (χ4v) is 4.30. The Morgan fingerprint density at radius 1 is 1.10 bits per heavy atom. The summed E-state index contributed by atoms with van der Waals surface area (Å²) in [6, 6.07) is 15.4. The monoisotopic (exact) mass is 399 g/mol. The fourth-order valence-electron chi connectivity index (χ4n) is 4.30. The first kappa shape index (κ1) is 20.3. The second kappa shape index (κ2) is 9.67. The standard InChI is InChI=1S/C23H30FN3O2/c1-28-20-7-8-21(22(24)13-20)23-18(14-25-26-23)15-27-11-9-19(10-12-27)29-16-17-5-3-2-4-6-17/h2-8,13,18-19,23,25-26H,9-12,14-16H2,1H3. The van der Waals surface area contributed by atoms with Crippen molar-refractivity contribution in [3.8, 4) is 5.75 Å². The summed E-state index contributed by atoms with van der Waals surface area (Å²) in [7, 11) is 1.56. The third kappa shape index (κ3) is 5.14. The molecule has 2 fully saturated rings. The average Bonchev–Trinajstić information content (AvgIpc) is 3.21. The molecule has 0 spiro atoms. The zero-order valence-corrected chi connectivity index (χ0v) is 16.9. The molecule has 2 saturated heterocycles. The van der Waals surface area contributed by atoms with Crippen molar-refractivity contribution in [2.75, 3.05) is 33.3 Å². The van der Waals surface area contributed by atoms with Gasteiger partial charge in [0.2, 0.25) is 0 Å². The Labute approximate surface area is 172 Å². The van der Waals surface area contributed by atoms with Crippen LogP contribution in [0.25, 0.3) is 0 Å². The minimum absolute atomic E-state index is 0.0343. The van der Waals surface area contributed by atoms with E-state index >= 15 is 0 Å². The maximum absolute atomic E-state index is 14.5. The summed E-state index contributed by atoms with van der Waals surface area (Å²) in [6.45, 7) is 4.50. The molecule has 0 amide bonds. The molecule has 156 valence electrons. The number of likely N-dealkylation sites (tertiary alicyclic amines) is 1. The summed E-state index contributed by atoms with van der Waals surface area (Å²) in [5.41, 5.74) is 8.39. The quantitative estimate of drug-likeness (QED) is 0.748. The highest BCUT2D eigenvalue weighted by Crippen LogP contribution is 2.30. The second-order valence-corrected chi connectivity index (χ2v) is 7.95. The Hall–Kier alpha value is -1.99. The summed E-state index contributed by atoms with van der Waals surface area (Å²) >= 11 is 0. The van der Waals surface area contributed by atoms with Crippen molar-refractivity contribution in [1.82, 2.24) is 15.8 Å². The van der Waals surface area contributed by atoms with E-state index in [0.717, 1.165) is 39.0 Å². The molecule has 2 aromatic carbocycles. The molecule has 0 aliphatic carbocycles. The second-order valence-electron chi connectivity index (χ2n) is 7.95. The third-order valence-corrected chi connectivity index (χ3v) is 5.99. The van der Waals surface area contributed by atoms with Gasteiger partial charge in [0.05, 0.1) is 25.9 Å². The van der Waals surface area contributed by atoms with Gasteiger partial charge >= 0.3 is 0 Å². The predicted molar refractivity (Wildman–Crippen MR) is 111 cm³/mol. The van der Waals surface area contributed by atoms with Crippen LogP contribution in [-0.2, 0) is 11.3 Å². The van der Waals surface area contributed by atoms with Crippen LogP contribution in [-0.4, -0.2) is 44.3 Å². The Balaban J connectivity index is 1.27. The van der Waals surface area contributed by atoms with Crippen molar-refractivity contribution in [1.29, 1.82) is 0 Å². The number of hydrazine groups is 1. The van der Waals surface area contributed by atoms with E-state index in [1.54, 1.807) is 7.11 Å². The van der Waals surface area contributed by atoms with Gasteiger partial charge in [-0.3, -0.25) is 5.43 Å². The Morgan fingerprint density at radius 3 is 2.62 bits per heavy atom. The summed E-state index contributed by atoms with van der Waals surface area (Å²) in [5, 5.41) is 0. The van der Waals surface area contributed by atoms with Crippen molar-refractivity contribution < 1.29 is 13.9 Å². The van der Waals surface area contributed by atoms with Crippen molar-refractivity contribution in [3.05, 3.63) is 65.5 Å². The van der Waals surface area contributed by atoms with Crippen molar-refractivity contribution >= 4 is 0 Å². The van der Waals surface area contributed by atoms with Gasteiger partial charge in [0.1, 0.15) is 11.6 Å². The molecule has 0 aromatic heterocycles. The predicted octanol–water partition coefficient (Wildman–Crippen LogP) is 3.28. The molecule has 29 heavy (non-hydrogen) atoms. The van der Waals surface area contributed by atoms with E-state index < -0.39 is 0 Å². The number of benzene rings is 2. The molecule has 0 saturated carbocycles. The number of rotatable bonds is 7. The molecule has 2 aromatic rings. The summed E-state index contributed by atoms with van der Waals surface area (Å²) in [4.78, 5) is 2.48. The summed E-state index contributed by atoms with van der Waals surface area (Å²) in [5.74, 6) is 0.648. The average molecular weight is 400 g/mol. The van der Waals surface area contributed by atoms with Crippen LogP contribution in [0.5, 0.6) is 5.75 Å². The lowest BCUT2D eigenvalue weighted by Gasteiger charge is -2.34. The van der Waals surface area contributed by atoms with Gasteiger partial charge in [0.25, 0.3) is 0 Å². The summed E-state index contributed by atoms with van der Waals surface area (Å²) in [6.07, 6.45) is 2.41. The lowest BCUT2D eigenvalue weighted by atomic mass is 9.93. The van der Waals surface area contributed by atoms with E-state index in [2.05, 4.69) is 27.9 Å². The molecule has 2 heterocycles. The van der Waals surface area contributed by atoms with Crippen LogP contribution in [0.1, 0.15) is 30.0 Å². The summed E-state index contributed by atoms with van der Waals surface area (Å²) < 4.78 is 25.8. The minimum Gasteiger partial charge on any atom is -0.497 e. The Morgan fingerprint density at radius 2 is 1.90 bits per heavy atom. The van der Waals surface area contributed by atoms with Gasteiger partial charge in [-0.1, -0.05) is 36.4 Å². The number of methoxy groups -OCH3 is 1. The first-order valence-corrected chi connectivity index (χ1v) is 10.4. The van der Waals surface area contributed by atoms with Crippen LogP contribution < -0.4 is 15.6 Å².